The lowest BCUT2D eigenvalue weighted by atomic mass is 9.97. The summed E-state index contributed by atoms with van der Waals surface area (Å²) in [5, 5.41) is 5.46. The van der Waals surface area contributed by atoms with Gasteiger partial charge in [-0.05, 0) is 49.2 Å². The molecule has 1 aliphatic carbocycles. The largest absolute Gasteiger partial charge is 0.358 e. The van der Waals surface area contributed by atoms with Crippen LogP contribution in [0, 0.1) is 18.8 Å². The maximum atomic E-state index is 5.87. The van der Waals surface area contributed by atoms with Gasteiger partial charge in [0.05, 0.1) is 16.8 Å². The minimum Gasteiger partial charge on any atom is -0.358 e. The molecule has 0 amide bonds. The van der Waals surface area contributed by atoms with Crippen LogP contribution in [0.3, 0.4) is 0 Å². The fraction of sp³-hybridized carbons (Fsp3) is 0.579. The molecule has 3 N–H and O–H groups in total. The minimum absolute atomic E-state index is 0.265. The summed E-state index contributed by atoms with van der Waals surface area (Å²) in [6.07, 6.45) is 6.66. The third-order valence-corrected chi connectivity index (χ3v) is 5.00. The summed E-state index contributed by atoms with van der Waals surface area (Å²) in [5.74, 6) is 6.51. The lowest BCUT2D eigenvalue weighted by molar-refractivity contribution is 0.441. The van der Waals surface area contributed by atoms with Crippen LogP contribution in [-0.2, 0) is 0 Å². The third-order valence-electron chi connectivity index (χ3n) is 3.74. The Bertz CT molecular complexity index is 696. The molecule has 1 saturated carbocycles. The predicted octanol–water partition coefficient (Wildman–Crippen LogP) is 5.39. The molecule has 0 aromatic carbocycles. The van der Waals surface area contributed by atoms with Crippen LogP contribution in [0.25, 0.3) is 10.2 Å². The number of nitrogens with two attached hydrogens (primary N) is 1. The molecular weight excluding hydrogens is 352 g/mol. The van der Waals surface area contributed by atoms with Crippen LogP contribution in [0.4, 0.5) is 5.82 Å². The Kier molecular flexibility index (Phi) is 10.5. The van der Waals surface area contributed by atoms with E-state index in [4.69, 9.17) is 17.3 Å². The first-order valence-electron chi connectivity index (χ1n) is 8.92. The minimum atomic E-state index is 0.265. The molecule has 3 rings (SSSR count). The zero-order valence-corrected chi connectivity index (χ0v) is 17.2. The van der Waals surface area contributed by atoms with Crippen LogP contribution in [0.5, 0.6) is 0 Å². The average molecular weight is 381 g/mol. The average Bonchev–Trinajstić information content (AvgIpc) is 2.99. The number of halogens is 1. The van der Waals surface area contributed by atoms with Gasteiger partial charge in [0.25, 0.3) is 0 Å². The highest BCUT2D eigenvalue weighted by Crippen LogP contribution is 2.30. The summed E-state index contributed by atoms with van der Waals surface area (Å²) in [5.41, 5.74) is 7.67. The molecule has 138 valence electrons. The first kappa shape index (κ1) is 21.7. The van der Waals surface area contributed by atoms with E-state index in [1.807, 2.05) is 26.2 Å². The molecule has 25 heavy (non-hydrogen) atoms. The predicted molar refractivity (Wildman–Crippen MR) is 112 cm³/mol. The highest BCUT2D eigenvalue weighted by molar-refractivity contribution is 7.18. The Morgan fingerprint density at radius 1 is 1.28 bits per heavy atom. The summed E-state index contributed by atoms with van der Waals surface area (Å²) in [7, 11) is 0. The first-order valence-corrected chi connectivity index (χ1v) is 10.2. The maximum absolute atomic E-state index is 5.87. The van der Waals surface area contributed by atoms with Gasteiger partial charge >= 0.3 is 0 Å². The van der Waals surface area contributed by atoms with Crippen molar-refractivity contribution in [2.75, 3.05) is 11.9 Å². The van der Waals surface area contributed by atoms with E-state index in [-0.39, 0.29) is 5.28 Å². The topological polar surface area (TPSA) is 63.8 Å². The number of aromatic nitrogens is 2. The molecule has 0 atom stereocenters. The van der Waals surface area contributed by atoms with Gasteiger partial charge < -0.3 is 11.1 Å². The summed E-state index contributed by atoms with van der Waals surface area (Å²) >= 11 is 7.48. The Morgan fingerprint density at radius 3 is 2.52 bits per heavy atom. The SMILES string of the molecule is CC.CC#CCNc1nc(Cl)nc2c(C)csc12.NC1CCCCC1. The van der Waals surface area contributed by atoms with E-state index in [9.17, 15) is 0 Å². The van der Waals surface area contributed by atoms with Gasteiger partial charge in [-0.15, -0.1) is 17.3 Å². The van der Waals surface area contributed by atoms with Crippen molar-refractivity contribution in [2.45, 2.75) is 65.8 Å². The number of aryl methyl sites for hydroxylation is 1. The molecule has 2 aromatic heterocycles. The van der Waals surface area contributed by atoms with E-state index >= 15 is 0 Å². The second-order valence-corrected chi connectivity index (χ2v) is 6.83. The molecule has 1 aliphatic rings. The number of anilines is 1. The molecule has 2 heterocycles. The van der Waals surface area contributed by atoms with E-state index in [2.05, 4.69) is 27.1 Å². The number of hydrogen-bond donors (Lipinski definition) is 2. The molecule has 0 aliphatic heterocycles. The quantitative estimate of drug-likeness (QED) is 0.541. The van der Waals surface area contributed by atoms with Gasteiger partial charge in [-0.25, -0.2) is 4.98 Å². The van der Waals surface area contributed by atoms with Crippen molar-refractivity contribution in [3.63, 3.8) is 0 Å². The Morgan fingerprint density at radius 2 is 1.96 bits per heavy atom. The standard InChI is InChI=1S/C11H10ClN3S.C6H13N.C2H6/c1-3-4-5-13-10-9-8(7(2)6-16-9)14-11(12)15-10;7-6-4-2-1-3-5-6;1-2/h6H,5H2,1-2H3,(H,13,14,15);6H,1-5,7H2;1-2H3. The zero-order chi connectivity index (χ0) is 18.7. The van der Waals surface area contributed by atoms with E-state index < -0.39 is 0 Å². The highest BCUT2D eigenvalue weighted by Gasteiger charge is 2.09. The van der Waals surface area contributed by atoms with Crippen LogP contribution in [-0.4, -0.2) is 22.6 Å². The van der Waals surface area contributed by atoms with Crippen LogP contribution in [0.2, 0.25) is 5.28 Å². The molecule has 0 unspecified atom stereocenters. The third kappa shape index (κ3) is 7.19. The van der Waals surface area contributed by atoms with Crippen molar-refractivity contribution in [3.05, 3.63) is 16.2 Å². The zero-order valence-electron chi connectivity index (χ0n) is 15.7. The maximum Gasteiger partial charge on any atom is 0.224 e. The first-order chi connectivity index (χ1) is 12.1. The van der Waals surface area contributed by atoms with Crippen LogP contribution in [0.15, 0.2) is 5.38 Å². The molecule has 6 heteroatoms. The Hall–Kier alpha value is -1.35. The number of fused-ring (bicyclic) bond motifs is 1. The van der Waals surface area contributed by atoms with Gasteiger partial charge in [-0.1, -0.05) is 39.0 Å². The molecule has 0 radical (unpaired) electrons. The monoisotopic (exact) mass is 380 g/mol. The van der Waals surface area contributed by atoms with Crippen molar-refractivity contribution in [1.82, 2.24) is 9.97 Å². The number of thiophene rings is 1. The molecule has 1 fully saturated rings. The fourth-order valence-electron chi connectivity index (χ4n) is 2.48. The molecule has 0 saturated heterocycles. The van der Waals surface area contributed by atoms with Gasteiger partial charge in [0.15, 0.2) is 0 Å². The summed E-state index contributed by atoms with van der Waals surface area (Å²) < 4.78 is 1.03. The normalized spacial score (nSPS) is 13.7. The molecular formula is C19H29ClN4S. The summed E-state index contributed by atoms with van der Waals surface area (Å²) in [4.78, 5) is 8.39. The smallest absolute Gasteiger partial charge is 0.224 e. The van der Waals surface area contributed by atoms with Crippen LogP contribution < -0.4 is 11.1 Å². The molecule has 2 aromatic rings. The molecule has 4 nitrogen and oxygen atoms in total. The van der Waals surface area contributed by atoms with Crippen molar-refractivity contribution in [1.29, 1.82) is 0 Å². The molecule has 0 spiro atoms. The summed E-state index contributed by atoms with van der Waals surface area (Å²) in [6.45, 7) is 8.38. The van der Waals surface area contributed by atoms with Crippen molar-refractivity contribution < 1.29 is 0 Å². The molecule has 0 bridgehead atoms. The van der Waals surface area contributed by atoms with Gasteiger partial charge in [0, 0.05) is 6.04 Å². The second-order valence-electron chi connectivity index (χ2n) is 5.62. The van der Waals surface area contributed by atoms with E-state index in [0.29, 0.717) is 12.6 Å². The van der Waals surface area contributed by atoms with Gasteiger partial charge in [-0.2, -0.15) is 4.98 Å². The van der Waals surface area contributed by atoms with Gasteiger partial charge in [0.1, 0.15) is 5.82 Å². The fourth-order valence-corrected chi connectivity index (χ4v) is 3.60. The van der Waals surface area contributed by atoms with Crippen LogP contribution in [0.1, 0.15) is 58.4 Å². The van der Waals surface area contributed by atoms with Crippen LogP contribution >= 0.6 is 22.9 Å². The lowest BCUT2D eigenvalue weighted by Gasteiger charge is -2.15. The van der Waals surface area contributed by atoms with Gasteiger partial charge in [-0.3, -0.25) is 0 Å². The second kappa shape index (κ2) is 12.1. The van der Waals surface area contributed by atoms with Gasteiger partial charge in [0.2, 0.25) is 5.28 Å². The number of hydrogen-bond acceptors (Lipinski definition) is 5. The van der Waals surface area contributed by atoms with E-state index in [1.165, 1.54) is 32.1 Å². The van der Waals surface area contributed by atoms with Crippen molar-refractivity contribution in [2.24, 2.45) is 5.73 Å². The van der Waals surface area contributed by atoms with Crippen molar-refractivity contribution >= 4 is 39.0 Å². The Balaban J connectivity index is 0.000000290. The number of nitrogens with one attached hydrogen (secondary N) is 1. The number of rotatable bonds is 2. The highest BCUT2D eigenvalue weighted by atomic mass is 35.5. The van der Waals surface area contributed by atoms with E-state index in [0.717, 1.165) is 21.6 Å². The summed E-state index contributed by atoms with van der Waals surface area (Å²) in [6, 6.07) is 0.536. The number of nitrogens with zero attached hydrogens (tertiary/aromatic N) is 2. The Labute approximate surface area is 160 Å². The lowest BCUT2D eigenvalue weighted by Crippen LogP contribution is -2.22. The van der Waals surface area contributed by atoms with E-state index in [1.54, 1.807) is 18.3 Å². The van der Waals surface area contributed by atoms with Crippen molar-refractivity contribution in [3.8, 4) is 11.8 Å².